The standard InChI is InChI=1S/C13H23N3O/c1-4-14-8-10-6-5-7-11(10)13-12(17-3)9-15-16(13)2/h9-11,14H,4-8H2,1-3H3. The Bertz CT molecular complexity index is 362. The summed E-state index contributed by atoms with van der Waals surface area (Å²) < 4.78 is 7.41. The number of hydrogen-bond donors (Lipinski definition) is 1. The van der Waals surface area contributed by atoms with Crippen LogP contribution in [0.2, 0.25) is 0 Å². The molecule has 0 bridgehead atoms. The van der Waals surface area contributed by atoms with Crippen LogP contribution in [0.4, 0.5) is 0 Å². The Morgan fingerprint density at radius 2 is 2.35 bits per heavy atom. The molecule has 0 aliphatic heterocycles. The van der Waals surface area contributed by atoms with Crippen LogP contribution in [0.15, 0.2) is 6.20 Å². The maximum absolute atomic E-state index is 5.43. The first-order valence-corrected chi connectivity index (χ1v) is 6.54. The molecule has 0 aromatic carbocycles. The van der Waals surface area contributed by atoms with Gasteiger partial charge in [-0.05, 0) is 31.8 Å². The molecule has 17 heavy (non-hydrogen) atoms. The molecule has 2 rings (SSSR count). The molecule has 1 fully saturated rings. The summed E-state index contributed by atoms with van der Waals surface area (Å²) in [6.07, 6.45) is 5.71. The summed E-state index contributed by atoms with van der Waals surface area (Å²) in [5, 5.41) is 7.79. The predicted molar refractivity (Wildman–Crippen MR) is 68.4 cm³/mol. The van der Waals surface area contributed by atoms with Gasteiger partial charge in [0.25, 0.3) is 0 Å². The highest BCUT2D eigenvalue weighted by Crippen LogP contribution is 2.42. The first kappa shape index (κ1) is 12.4. The van der Waals surface area contributed by atoms with Crippen LogP contribution in [0, 0.1) is 5.92 Å². The normalized spacial score (nSPS) is 24.2. The van der Waals surface area contributed by atoms with Crippen molar-refractivity contribution in [3.05, 3.63) is 11.9 Å². The molecular formula is C13H23N3O. The van der Waals surface area contributed by atoms with Crippen molar-refractivity contribution >= 4 is 0 Å². The van der Waals surface area contributed by atoms with Gasteiger partial charge in [0, 0.05) is 13.0 Å². The summed E-state index contributed by atoms with van der Waals surface area (Å²) in [4.78, 5) is 0. The molecular weight excluding hydrogens is 214 g/mol. The van der Waals surface area contributed by atoms with Crippen molar-refractivity contribution in [2.75, 3.05) is 20.2 Å². The highest BCUT2D eigenvalue weighted by Gasteiger charge is 2.32. The highest BCUT2D eigenvalue weighted by atomic mass is 16.5. The van der Waals surface area contributed by atoms with Gasteiger partial charge in [-0.25, -0.2) is 0 Å². The number of rotatable bonds is 5. The highest BCUT2D eigenvalue weighted by molar-refractivity contribution is 5.30. The van der Waals surface area contributed by atoms with E-state index in [9.17, 15) is 0 Å². The molecule has 1 heterocycles. The second-order valence-electron chi connectivity index (χ2n) is 4.83. The third kappa shape index (κ3) is 2.46. The number of ether oxygens (including phenoxy) is 1. The number of aryl methyl sites for hydroxylation is 1. The minimum absolute atomic E-state index is 0.594. The van der Waals surface area contributed by atoms with Crippen LogP contribution in [-0.2, 0) is 7.05 Å². The maximum atomic E-state index is 5.43. The molecule has 0 amide bonds. The van der Waals surface area contributed by atoms with Gasteiger partial charge >= 0.3 is 0 Å². The van der Waals surface area contributed by atoms with Crippen molar-refractivity contribution in [2.45, 2.75) is 32.1 Å². The molecule has 0 radical (unpaired) electrons. The molecule has 96 valence electrons. The van der Waals surface area contributed by atoms with Crippen LogP contribution >= 0.6 is 0 Å². The molecule has 1 aliphatic carbocycles. The lowest BCUT2D eigenvalue weighted by atomic mass is 9.92. The smallest absolute Gasteiger partial charge is 0.160 e. The Morgan fingerprint density at radius 3 is 3.06 bits per heavy atom. The van der Waals surface area contributed by atoms with Gasteiger partial charge in [0.15, 0.2) is 5.75 Å². The van der Waals surface area contributed by atoms with E-state index in [4.69, 9.17) is 4.74 Å². The molecule has 1 N–H and O–H groups in total. The second-order valence-corrected chi connectivity index (χ2v) is 4.83. The van der Waals surface area contributed by atoms with Gasteiger partial charge in [-0.3, -0.25) is 4.68 Å². The first-order chi connectivity index (χ1) is 8.27. The average molecular weight is 237 g/mol. The Balaban J connectivity index is 2.16. The van der Waals surface area contributed by atoms with Crippen LogP contribution in [-0.4, -0.2) is 30.0 Å². The lowest BCUT2D eigenvalue weighted by Crippen LogP contribution is -2.25. The largest absolute Gasteiger partial charge is 0.493 e. The molecule has 1 saturated carbocycles. The summed E-state index contributed by atoms with van der Waals surface area (Å²) in [6.45, 7) is 4.32. The third-order valence-corrected chi connectivity index (χ3v) is 3.84. The number of aromatic nitrogens is 2. The van der Waals surface area contributed by atoms with Crippen molar-refractivity contribution in [1.82, 2.24) is 15.1 Å². The zero-order valence-electron chi connectivity index (χ0n) is 11.1. The summed E-state index contributed by atoms with van der Waals surface area (Å²) >= 11 is 0. The fourth-order valence-corrected chi connectivity index (χ4v) is 2.98. The van der Waals surface area contributed by atoms with Gasteiger partial charge in [0.05, 0.1) is 19.0 Å². The maximum Gasteiger partial charge on any atom is 0.160 e. The van der Waals surface area contributed by atoms with Crippen LogP contribution in [0.3, 0.4) is 0 Å². The lowest BCUT2D eigenvalue weighted by Gasteiger charge is -2.21. The van der Waals surface area contributed by atoms with Crippen LogP contribution in [0.1, 0.15) is 37.8 Å². The quantitative estimate of drug-likeness (QED) is 0.850. The van der Waals surface area contributed by atoms with Crippen LogP contribution in [0.25, 0.3) is 0 Å². The average Bonchev–Trinajstić information content (AvgIpc) is 2.92. The van der Waals surface area contributed by atoms with E-state index in [-0.39, 0.29) is 0 Å². The van der Waals surface area contributed by atoms with Gasteiger partial charge in [-0.1, -0.05) is 13.3 Å². The number of hydrogen-bond acceptors (Lipinski definition) is 3. The van der Waals surface area contributed by atoms with Crippen molar-refractivity contribution in [2.24, 2.45) is 13.0 Å². The summed E-state index contributed by atoms with van der Waals surface area (Å²) in [7, 11) is 3.75. The lowest BCUT2D eigenvalue weighted by molar-refractivity contribution is 0.382. The molecule has 0 spiro atoms. The van der Waals surface area contributed by atoms with Gasteiger partial charge in [0.2, 0.25) is 0 Å². The van der Waals surface area contributed by atoms with Gasteiger partial charge in [-0.2, -0.15) is 5.10 Å². The van der Waals surface area contributed by atoms with E-state index in [1.807, 2.05) is 17.9 Å². The molecule has 4 nitrogen and oxygen atoms in total. The molecule has 2 atom stereocenters. The molecule has 4 heteroatoms. The Labute approximate surface area is 103 Å². The summed E-state index contributed by atoms with van der Waals surface area (Å²) in [5.74, 6) is 2.26. The van der Waals surface area contributed by atoms with Crippen molar-refractivity contribution in [3.8, 4) is 5.75 Å². The van der Waals surface area contributed by atoms with Crippen LogP contribution in [0.5, 0.6) is 5.75 Å². The van der Waals surface area contributed by atoms with E-state index in [0.29, 0.717) is 5.92 Å². The number of nitrogens with zero attached hydrogens (tertiary/aromatic N) is 2. The first-order valence-electron chi connectivity index (χ1n) is 6.54. The van der Waals surface area contributed by atoms with Gasteiger partial charge in [-0.15, -0.1) is 0 Å². The summed E-state index contributed by atoms with van der Waals surface area (Å²) in [6, 6.07) is 0. The molecule has 1 aromatic rings. The van der Waals surface area contributed by atoms with E-state index in [1.165, 1.54) is 25.0 Å². The van der Waals surface area contributed by atoms with E-state index in [0.717, 1.165) is 24.8 Å². The predicted octanol–water partition coefficient (Wildman–Crippen LogP) is 1.92. The van der Waals surface area contributed by atoms with E-state index < -0.39 is 0 Å². The number of nitrogens with one attached hydrogen (secondary N) is 1. The topological polar surface area (TPSA) is 39.1 Å². The minimum Gasteiger partial charge on any atom is -0.493 e. The number of methoxy groups -OCH3 is 1. The van der Waals surface area contributed by atoms with Crippen LogP contribution < -0.4 is 10.1 Å². The van der Waals surface area contributed by atoms with Crippen molar-refractivity contribution in [3.63, 3.8) is 0 Å². The third-order valence-electron chi connectivity index (χ3n) is 3.84. The Kier molecular flexibility index (Phi) is 4.05. The molecule has 2 unspecified atom stereocenters. The van der Waals surface area contributed by atoms with E-state index in [1.54, 1.807) is 7.11 Å². The second kappa shape index (κ2) is 5.54. The Morgan fingerprint density at radius 1 is 1.53 bits per heavy atom. The zero-order valence-corrected chi connectivity index (χ0v) is 11.1. The van der Waals surface area contributed by atoms with Crippen molar-refractivity contribution < 1.29 is 4.74 Å². The monoisotopic (exact) mass is 237 g/mol. The van der Waals surface area contributed by atoms with Gasteiger partial charge in [0.1, 0.15) is 0 Å². The summed E-state index contributed by atoms with van der Waals surface area (Å²) in [5.41, 5.74) is 1.27. The minimum atomic E-state index is 0.594. The zero-order chi connectivity index (χ0) is 12.3. The fourth-order valence-electron chi connectivity index (χ4n) is 2.98. The SMILES string of the molecule is CCNCC1CCCC1c1c(OC)cnn1C. The molecule has 1 aliphatic rings. The van der Waals surface area contributed by atoms with Gasteiger partial charge < -0.3 is 10.1 Å². The van der Waals surface area contributed by atoms with E-state index in [2.05, 4.69) is 17.3 Å². The van der Waals surface area contributed by atoms with Crippen molar-refractivity contribution in [1.29, 1.82) is 0 Å². The van der Waals surface area contributed by atoms with E-state index >= 15 is 0 Å². The fraction of sp³-hybridized carbons (Fsp3) is 0.769. The molecule has 0 saturated heterocycles. The Hall–Kier alpha value is -1.03. The molecule has 1 aromatic heterocycles.